The highest BCUT2D eigenvalue weighted by Crippen LogP contribution is 2.39. The summed E-state index contributed by atoms with van der Waals surface area (Å²) in [6.45, 7) is 3.22. The molecule has 3 aromatic rings. The van der Waals surface area contributed by atoms with Crippen LogP contribution in [0.5, 0.6) is 5.75 Å². The zero-order valence-corrected chi connectivity index (χ0v) is 18.8. The van der Waals surface area contributed by atoms with Crippen LogP contribution < -0.4 is 26.0 Å². The summed E-state index contributed by atoms with van der Waals surface area (Å²) in [7, 11) is 0. The average Bonchev–Trinajstić information content (AvgIpc) is 3.11. The maximum Gasteiger partial charge on any atom is 0.263 e. The lowest BCUT2D eigenvalue weighted by atomic mass is 9.90. The number of nitrogen functional groups attached to an aromatic ring is 1. The maximum absolute atomic E-state index is 15.3. The predicted octanol–water partition coefficient (Wildman–Crippen LogP) is 2.75. The number of nitrogens with two attached hydrogens (primary N) is 1. The third-order valence-electron chi connectivity index (χ3n) is 6.67. The van der Waals surface area contributed by atoms with E-state index in [-0.39, 0.29) is 35.9 Å². The number of fused-ring (bicyclic) bond motifs is 4. The van der Waals surface area contributed by atoms with E-state index in [0.29, 0.717) is 40.6 Å². The van der Waals surface area contributed by atoms with E-state index < -0.39 is 17.7 Å². The van der Waals surface area contributed by atoms with E-state index in [2.05, 4.69) is 15.6 Å². The second-order valence-corrected chi connectivity index (χ2v) is 10.0. The van der Waals surface area contributed by atoms with Crippen LogP contribution in [0.3, 0.4) is 0 Å². The Morgan fingerprint density at radius 2 is 2.09 bits per heavy atom. The number of hydrogen-bond donors (Lipinski definition) is 3. The van der Waals surface area contributed by atoms with Crippen molar-refractivity contribution in [3.8, 4) is 5.75 Å². The van der Waals surface area contributed by atoms with Gasteiger partial charge in [0.05, 0.1) is 17.4 Å². The minimum atomic E-state index is -0.535. The second-order valence-electron chi connectivity index (χ2n) is 9.04. The fourth-order valence-electron chi connectivity index (χ4n) is 5.00. The molecule has 33 heavy (non-hydrogen) atoms. The summed E-state index contributed by atoms with van der Waals surface area (Å²) in [4.78, 5) is 20.3. The van der Waals surface area contributed by atoms with Gasteiger partial charge >= 0.3 is 0 Å². The fourth-order valence-corrected chi connectivity index (χ4v) is 6.04. The van der Waals surface area contributed by atoms with Gasteiger partial charge in [-0.05, 0) is 25.5 Å². The van der Waals surface area contributed by atoms with Gasteiger partial charge < -0.3 is 26.0 Å². The number of aromatic nitrogens is 1. The molecule has 2 bridgehead atoms. The number of rotatable bonds is 3. The molecule has 0 radical (unpaired) electrons. The number of pyridine rings is 1. The number of nitrogens with zero attached hydrogens (tertiary/aromatic N) is 2. The van der Waals surface area contributed by atoms with E-state index >= 15 is 8.78 Å². The van der Waals surface area contributed by atoms with Gasteiger partial charge in [-0.2, -0.15) is 0 Å². The van der Waals surface area contributed by atoms with Crippen LogP contribution in [-0.4, -0.2) is 48.7 Å². The summed E-state index contributed by atoms with van der Waals surface area (Å²) in [6, 6.07) is 5.08. The first-order valence-electron chi connectivity index (χ1n) is 11.0. The van der Waals surface area contributed by atoms with E-state index in [9.17, 15) is 4.79 Å². The molecule has 0 spiro atoms. The molecular weight excluding hydrogens is 448 g/mol. The number of carbonyl (C=O) groups excluding carboxylic acids is 1. The van der Waals surface area contributed by atoms with Gasteiger partial charge in [-0.3, -0.25) is 4.79 Å². The highest BCUT2D eigenvalue weighted by Gasteiger charge is 2.39. The Morgan fingerprint density at radius 1 is 1.33 bits per heavy atom. The molecule has 4 aliphatic heterocycles. The molecule has 2 aromatic heterocycles. The van der Waals surface area contributed by atoms with Crippen LogP contribution in [0.15, 0.2) is 18.2 Å². The van der Waals surface area contributed by atoms with Gasteiger partial charge in [-0.25, -0.2) is 13.8 Å². The minimum absolute atomic E-state index is 0.0491. The van der Waals surface area contributed by atoms with Gasteiger partial charge in [0.1, 0.15) is 22.1 Å². The van der Waals surface area contributed by atoms with Gasteiger partial charge in [0, 0.05) is 54.3 Å². The lowest BCUT2D eigenvalue weighted by Crippen LogP contribution is -2.67. The van der Waals surface area contributed by atoms with Gasteiger partial charge in [0.25, 0.3) is 5.91 Å². The lowest BCUT2D eigenvalue weighted by molar-refractivity contribution is 0.0918. The molecule has 7 nitrogen and oxygen atoms in total. The van der Waals surface area contributed by atoms with Gasteiger partial charge in [-0.15, -0.1) is 11.3 Å². The normalized spacial score (nSPS) is 23.6. The van der Waals surface area contributed by atoms with E-state index in [1.807, 2.05) is 24.0 Å². The third kappa shape index (κ3) is 3.39. The Kier molecular flexibility index (Phi) is 4.70. The molecular formula is C23H23F2N5O2S. The van der Waals surface area contributed by atoms with Crippen molar-refractivity contribution in [2.45, 2.75) is 37.9 Å². The number of benzene rings is 1. The molecule has 3 saturated heterocycles. The predicted molar refractivity (Wildman–Crippen MR) is 123 cm³/mol. The third-order valence-corrected chi connectivity index (χ3v) is 7.78. The monoisotopic (exact) mass is 471 g/mol. The summed E-state index contributed by atoms with van der Waals surface area (Å²) in [5.74, 6) is -1.48. The second kappa shape index (κ2) is 7.53. The summed E-state index contributed by atoms with van der Waals surface area (Å²) < 4.78 is 35.9. The van der Waals surface area contributed by atoms with Crippen LogP contribution in [-0.2, 0) is 6.42 Å². The van der Waals surface area contributed by atoms with Crippen LogP contribution in [0.25, 0.3) is 10.2 Å². The van der Waals surface area contributed by atoms with Crippen molar-refractivity contribution in [1.29, 1.82) is 0 Å². The molecule has 10 heteroatoms. The number of ether oxygens (including phenoxy) is 1. The number of amides is 1. The molecule has 2 unspecified atom stereocenters. The fraction of sp³-hybridized carbons (Fsp3) is 0.391. The van der Waals surface area contributed by atoms with Crippen molar-refractivity contribution >= 4 is 38.8 Å². The quantitative estimate of drug-likeness (QED) is 0.544. The van der Waals surface area contributed by atoms with Crippen molar-refractivity contribution in [1.82, 2.24) is 15.6 Å². The van der Waals surface area contributed by atoms with Gasteiger partial charge in [0.15, 0.2) is 11.6 Å². The van der Waals surface area contributed by atoms with Crippen LogP contribution in [0.1, 0.15) is 27.3 Å². The lowest BCUT2D eigenvalue weighted by Gasteiger charge is -2.49. The number of piperazine rings is 1. The largest absolute Gasteiger partial charge is 0.488 e. The molecule has 0 saturated carbocycles. The summed E-state index contributed by atoms with van der Waals surface area (Å²) >= 11 is 1.21. The molecule has 0 aliphatic carbocycles. The first-order valence-corrected chi connectivity index (χ1v) is 11.8. The Balaban J connectivity index is 1.22. The molecule has 4 N–H and O–H groups in total. The Bertz CT molecular complexity index is 1280. The van der Waals surface area contributed by atoms with Crippen molar-refractivity contribution in [3.63, 3.8) is 0 Å². The Hall–Kier alpha value is -2.98. The zero-order chi connectivity index (χ0) is 22.9. The number of hydrogen-bond acceptors (Lipinski definition) is 7. The van der Waals surface area contributed by atoms with Gasteiger partial charge in [-0.1, -0.05) is 0 Å². The number of anilines is 2. The topological polar surface area (TPSA) is 92.5 Å². The smallest absolute Gasteiger partial charge is 0.263 e. The maximum atomic E-state index is 15.3. The zero-order valence-electron chi connectivity index (χ0n) is 18.0. The molecule has 3 atom stereocenters. The average molecular weight is 472 g/mol. The number of nitrogens with one attached hydrogen (secondary N) is 2. The number of carbonyl (C=O) groups is 1. The Morgan fingerprint density at radius 3 is 2.85 bits per heavy atom. The summed E-state index contributed by atoms with van der Waals surface area (Å²) in [5.41, 5.74) is 7.77. The SMILES string of the molecule is Cc1ccc2c(N)c(C(=O)N[C@H]3COc4c(F)c(N5CC6CC(C5)N6)cc(F)c4C3)sc2n1. The van der Waals surface area contributed by atoms with Crippen molar-refractivity contribution in [3.05, 3.63) is 46.0 Å². The molecule has 3 fully saturated rings. The minimum Gasteiger partial charge on any atom is -0.488 e. The van der Waals surface area contributed by atoms with E-state index in [1.165, 1.54) is 17.4 Å². The first kappa shape index (κ1) is 20.6. The van der Waals surface area contributed by atoms with Gasteiger partial charge in [0.2, 0.25) is 0 Å². The standard InChI is InChI=1S/C23H23F2N5O2S/c1-10-2-3-14-19(26)21(33-23(14)27-10)22(31)29-13-5-15-16(24)6-17(18(25)20(15)32-9-13)30-7-11-4-12(8-30)28-11/h2-3,6,11-13,28H,4-5,7-9,26H2,1H3,(H,29,31)/t11?,12?,13-/m1/s1. The highest BCUT2D eigenvalue weighted by atomic mass is 32.1. The van der Waals surface area contributed by atoms with Crippen LogP contribution in [0.2, 0.25) is 0 Å². The molecule has 4 aliphatic rings. The molecule has 1 amide bonds. The number of piperidine rings is 1. The van der Waals surface area contributed by atoms with Crippen molar-refractivity contribution in [2.75, 3.05) is 30.3 Å². The number of thiophene rings is 1. The molecule has 7 rings (SSSR count). The first-order chi connectivity index (χ1) is 15.9. The Labute approximate surface area is 192 Å². The molecule has 6 heterocycles. The van der Waals surface area contributed by atoms with E-state index in [4.69, 9.17) is 10.5 Å². The number of aryl methyl sites for hydroxylation is 1. The van der Waals surface area contributed by atoms with E-state index in [0.717, 1.165) is 17.5 Å². The summed E-state index contributed by atoms with van der Waals surface area (Å²) in [5, 5.41) is 6.98. The van der Waals surface area contributed by atoms with Crippen molar-refractivity contribution in [2.24, 2.45) is 0 Å². The summed E-state index contributed by atoms with van der Waals surface area (Å²) in [6.07, 6.45) is 1.21. The van der Waals surface area contributed by atoms with Crippen molar-refractivity contribution < 1.29 is 18.3 Å². The van der Waals surface area contributed by atoms with Crippen LogP contribution in [0.4, 0.5) is 20.2 Å². The van der Waals surface area contributed by atoms with Crippen LogP contribution >= 0.6 is 11.3 Å². The molecule has 1 aromatic carbocycles. The molecule has 172 valence electrons. The van der Waals surface area contributed by atoms with E-state index in [1.54, 1.807) is 0 Å². The van der Waals surface area contributed by atoms with Crippen LogP contribution in [0, 0.1) is 18.6 Å². The highest BCUT2D eigenvalue weighted by molar-refractivity contribution is 7.21. The number of halogens is 2.